The SMILES string of the molecule is CCCSc1nc2n(n1)C(c1cccc(OC)c1)C(C(=O)OC(C)C)=C(C)N2. The molecular formula is C20H26N4O3S. The topological polar surface area (TPSA) is 78.3 Å². The average Bonchev–Trinajstić information content (AvgIpc) is 3.06. The summed E-state index contributed by atoms with van der Waals surface area (Å²) in [6.07, 6.45) is 0.816. The van der Waals surface area contributed by atoms with Crippen molar-refractivity contribution in [3.8, 4) is 5.75 Å². The van der Waals surface area contributed by atoms with E-state index in [4.69, 9.17) is 9.47 Å². The third-order valence-electron chi connectivity index (χ3n) is 4.24. The molecule has 2 heterocycles. The highest BCUT2D eigenvalue weighted by molar-refractivity contribution is 7.99. The number of fused-ring (bicyclic) bond motifs is 1. The van der Waals surface area contributed by atoms with Gasteiger partial charge in [0, 0.05) is 11.4 Å². The van der Waals surface area contributed by atoms with Gasteiger partial charge in [-0.05, 0) is 44.9 Å². The third-order valence-corrected chi connectivity index (χ3v) is 5.28. The molecule has 0 fully saturated rings. The third kappa shape index (κ3) is 4.16. The average molecular weight is 403 g/mol. The van der Waals surface area contributed by atoms with Crippen LogP contribution in [0.4, 0.5) is 5.95 Å². The van der Waals surface area contributed by atoms with Gasteiger partial charge in [0.2, 0.25) is 11.1 Å². The number of thioether (sulfide) groups is 1. The summed E-state index contributed by atoms with van der Waals surface area (Å²) in [5.74, 6) is 1.90. The van der Waals surface area contributed by atoms with Gasteiger partial charge in [-0.15, -0.1) is 5.10 Å². The molecule has 3 rings (SSSR count). The van der Waals surface area contributed by atoms with Gasteiger partial charge in [0.25, 0.3) is 0 Å². The predicted octanol–water partition coefficient (Wildman–Crippen LogP) is 4.03. The molecule has 1 N–H and O–H groups in total. The minimum absolute atomic E-state index is 0.216. The molecule has 1 aromatic heterocycles. The number of carbonyl (C=O) groups excluding carboxylic acids is 1. The number of allylic oxidation sites excluding steroid dienone is 1. The molecule has 1 aromatic carbocycles. The summed E-state index contributed by atoms with van der Waals surface area (Å²) < 4.78 is 12.7. The van der Waals surface area contributed by atoms with Gasteiger partial charge >= 0.3 is 5.97 Å². The Balaban J connectivity index is 2.10. The maximum absolute atomic E-state index is 12.9. The van der Waals surface area contributed by atoms with Crippen LogP contribution in [0.5, 0.6) is 5.75 Å². The van der Waals surface area contributed by atoms with E-state index in [2.05, 4.69) is 22.3 Å². The molecule has 8 heteroatoms. The van der Waals surface area contributed by atoms with E-state index in [0.29, 0.717) is 28.1 Å². The molecule has 0 spiro atoms. The highest BCUT2D eigenvalue weighted by atomic mass is 32.2. The van der Waals surface area contributed by atoms with Crippen molar-refractivity contribution in [2.24, 2.45) is 0 Å². The molecule has 0 saturated carbocycles. The second-order valence-electron chi connectivity index (χ2n) is 6.81. The van der Waals surface area contributed by atoms with Crippen LogP contribution in [0.1, 0.15) is 45.7 Å². The summed E-state index contributed by atoms with van der Waals surface area (Å²) in [5, 5.41) is 8.57. The van der Waals surface area contributed by atoms with Gasteiger partial charge in [-0.25, -0.2) is 9.48 Å². The normalized spacial score (nSPS) is 16.0. The Morgan fingerprint density at radius 1 is 1.39 bits per heavy atom. The Labute approximate surface area is 169 Å². The maximum Gasteiger partial charge on any atom is 0.338 e. The van der Waals surface area contributed by atoms with Gasteiger partial charge in [-0.3, -0.25) is 0 Å². The number of aromatic nitrogens is 3. The van der Waals surface area contributed by atoms with Crippen LogP contribution in [0.15, 0.2) is 40.7 Å². The van der Waals surface area contributed by atoms with Crippen molar-refractivity contribution in [1.29, 1.82) is 0 Å². The molecular weight excluding hydrogens is 376 g/mol. The van der Waals surface area contributed by atoms with E-state index in [0.717, 1.165) is 17.7 Å². The van der Waals surface area contributed by atoms with E-state index in [9.17, 15) is 4.79 Å². The predicted molar refractivity (Wildman–Crippen MR) is 110 cm³/mol. The fraction of sp³-hybridized carbons (Fsp3) is 0.450. The lowest BCUT2D eigenvalue weighted by atomic mass is 9.95. The quantitative estimate of drug-likeness (QED) is 0.553. The molecule has 0 aliphatic carbocycles. The van der Waals surface area contributed by atoms with Gasteiger partial charge < -0.3 is 14.8 Å². The van der Waals surface area contributed by atoms with Gasteiger partial charge in [0.05, 0.1) is 18.8 Å². The van der Waals surface area contributed by atoms with Gasteiger partial charge in [-0.2, -0.15) is 4.98 Å². The number of hydrogen-bond donors (Lipinski definition) is 1. The summed E-state index contributed by atoms with van der Waals surface area (Å²) in [5.41, 5.74) is 2.12. The van der Waals surface area contributed by atoms with Crippen molar-refractivity contribution in [2.75, 3.05) is 18.2 Å². The number of carbonyl (C=O) groups is 1. The number of rotatable bonds is 7. The Morgan fingerprint density at radius 2 is 2.18 bits per heavy atom. The second kappa shape index (κ2) is 8.68. The van der Waals surface area contributed by atoms with E-state index in [1.165, 1.54) is 0 Å². The zero-order valence-corrected chi connectivity index (χ0v) is 17.7. The molecule has 0 bridgehead atoms. The Hall–Kier alpha value is -2.48. The van der Waals surface area contributed by atoms with Gasteiger partial charge in [-0.1, -0.05) is 30.8 Å². The first-order valence-electron chi connectivity index (χ1n) is 9.36. The number of nitrogens with one attached hydrogen (secondary N) is 1. The van der Waals surface area contributed by atoms with Crippen LogP contribution in [0.25, 0.3) is 0 Å². The largest absolute Gasteiger partial charge is 0.497 e. The standard InChI is InChI=1S/C20H26N4O3S/c1-6-10-28-20-22-19-21-13(4)16(18(25)27-12(2)3)17(24(19)23-20)14-8-7-9-15(11-14)26-5/h7-9,11-12,17H,6,10H2,1-5H3,(H,21,22,23). The summed E-state index contributed by atoms with van der Waals surface area (Å²) in [7, 11) is 1.62. The lowest BCUT2D eigenvalue weighted by molar-refractivity contribution is -0.143. The molecule has 1 atom stereocenters. The van der Waals surface area contributed by atoms with Crippen LogP contribution in [-0.4, -0.2) is 39.7 Å². The fourth-order valence-corrected chi connectivity index (χ4v) is 3.73. The minimum Gasteiger partial charge on any atom is -0.497 e. The number of hydrogen-bond acceptors (Lipinski definition) is 7. The van der Waals surface area contributed by atoms with Crippen LogP contribution in [-0.2, 0) is 9.53 Å². The number of methoxy groups -OCH3 is 1. The number of esters is 1. The van der Waals surface area contributed by atoms with E-state index >= 15 is 0 Å². The van der Waals surface area contributed by atoms with Crippen molar-refractivity contribution < 1.29 is 14.3 Å². The van der Waals surface area contributed by atoms with Crippen molar-refractivity contribution in [3.63, 3.8) is 0 Å². The zero-order chi connectivity index (χ0) is 20.3. The number of ether oxygens (including phenoxy) is 2. The van der Waals surface area contributed by atoms with E-state index < -0.39 is 6.04 Å². The summed E-state index contributed by atoms with van der Waals surface area (Å²) >= 11 is 1.60. The smallest absolute Gasteiger partial charge is 0.338 e. The molecule has 1 aliphatic heterocycles. The van der Waals surface area contributed by atoms with Crippen LogP contribution in [0.2, 0.25) is 0 Å². The fourth-order valence-electron chi connectivity index (χ4n) is 3.05. The Morgan fingerprint density at radius 3 is 2.86 bits per heavy atom. The second-order valence-corrected chi connectivity index (χ2v) is 7.87. The number of nitrogens with zero attached hydrogens (tertiary/aromatic N) is 3. The van der Waals surface area contributed by atoms with Crippen LogP contribution in [0, 0.1) is 0 Å². The van der Waals surface area contributed by atoms with Crippen molar-refractivity contribution in [1.82, 2.24) is 14.8 Å². The van der Waals surface area contributed by atoms with Crippen molar-refractivity contribution in [2.45, 2.75) is 51.4 Å². The Kier molecular flexibility index (Phi) is 6.28. The molecule has 2 aromatic rings. The highest BCUT2D eigenvalue weighted by Gasteiger charge is 2.35. The first-order chi connectivity index (χ1) is 13.4. The lowest BCUT2D eigenvalue weighted by Gasteiger charge is -2.28. The summed E-state index contributed by atoms with van der Waals surface area (Å²) in [6, 6.07) is 7.20. The minimum atomic E-state index is -0.443. The van der Waals surface area contributed by atoms with Crippen molar-refractivity contribution in [3.05, 3.63) is 41.1 Å². The molecule has 7 nitrogen and oxygen atoms in total. The molecule has 1 unspecified atom stereocenters. The Bertz CT molecular complexity index is 891. The lowest BCUT2D eigenvalue weighted by Crippen LogP contribution is -2.30. The maximum atomic E-state index is 12.9. The monoisotopic (exact) mass is 402 g/mol. The first kappa shape index (κ1) is 20.3. The van der Waals surface area contributed by atoms with Gasteiger partial charge in [0.15, 0.2) is 0 Å². The van der Waals surface area contributed by atoms with Crippen LogP contribution < -0.4 is 10.1 Å². The van der Waals surface area contributed by atoms with E-state index in [1.54, 1.807) is 23.6 Å². The molecule has 28 heavy (non-hydrogen) atoms. The van der Waals surface area contributed by atoms with E-state index in [-0.39, 0.29) is 12.1 Å². The zero-order valence-electron chi connectivity index (χ0n) is 16.9. The molecule has 0 saturated heterocycles. The van der Waals surface area contributed by atoms with E-state index in [1.807, 2.05) is 45.0 Å². The van der Waals surface area contributed by atoms with Crippen LogP contribution in [0.3, 0.4) is 0 Å². The molecule has 150 valence electrons. The number of anilines is 1. The first-order valence-corrected chi connectivity index (χ1v) is 10.3. The van der Waals surface area contributed by atoms with Crippen molar-refractivity contribution >= 4 is 23.7 Å². The van der Waals surface area contributed by atoms with Crippen LogP contribution >= 0.6 is 11.8 Å². The summed E-state index contributed by atoms with van der Waals surface area (Å²) in [6.45, 7) is 7.66. The number of benzene rings is 1. The molecule has 0 amide bonds. The molecule has 1 aliphatic rings. The van der Waals surface area contributed by atoms with Gasteiger partial charge in [0.1, 0.15) is 11.8 Å². The molecule has 0 radical (unpaired) electrons. The highest BCUT2D eigenvalue weighted by Crippen LogP contribution is 2.37. The summed E-state index contributed by atoms with van der Waals surface area (Å²) in [4.78, 5) is 17.5.